The molecule has 21 heavy (non-hydrogen) atoms. The second kappa shape index (κ2) is 7.04. The standard InChI is InChI=1S/C15H21NO4S/c1-2-16-21(18,19)14-10-8-12(9-11-14)15(17)20-13-6-4-3-5-7-13/h8-11,13,16H,2-7H2,1H3. The summed E-state index contributed by atoms with van der Waals surface area (Å²) in [7, 11) is -3.48. The van der Waals surface area contributed by atoms with Crippen LogP contribution in [0.25, 0.3) is 0 Å². The van der Waals surface area contributed by atoms with Crippen LogP contribution in [0.3, 0.4) is 0 Å². The number of carbonyl (C=O) groups is 1. The first-order valence-corrected chi connectivity index (χ1v) is 8.82. The summed E-state index contributed by atoms with van der Waals surface area (Å²) >= 11 is 0. The van der Waals surface area contributed by atoms with E-state index in [4.69, 9.17) is 4.74 Å². The third-order valence-electron chi connectivity index (χ3n) is 3.56. The van der Waals surface area contributed by atoms with Gasteiger partial charge in [0.1, 0.15) is 6.10 Å². The van der Waals surface area contributed by atoms with Crippen molar-refractivity contribution in [3.8, 4) is 0 Å². The summed E-state index contributed by atoms with van der Waals surface area (Å²) in [5, 5.41) is 0. The van der Waals surface area contributed by atoms with Gasteiger partial charge in [0.05, 0.1) is 10.5 Å². The average molecular weight is 311 g/mol. The lowest BCUT2D eigenvalue weighted by molar-refractivity contribution is 0.0211. The summed E-state index contributed by atoms with van der Waals surface area (Å²) in [5.41, 5.74) is 0.385. The van der Waals surface area contributed by atoms with E-state index < -0.39 is 10.0 Å². The maximum atomic E-state index is 12.0. The van der Waals surface area contributed by atoms with Gasteiger partial charge in [-0.3, -0.25) is 0 Å². The fourth-order valence-corrected chi connectivity index (χ4v) is 3.49. The van der Waals surface area contributed by atoms with E-state index in [1.165, 1.54) is 30.7 Å². The van der Waals surface area contributed by atoms with Crippen molar-refractivity contribution >= 4 is 16.0 Å². The first-order chi connectivity index (χ1) is 10.0. The minimum atomic E-state index is -3.48. The Bertz CT molecular complexity index is 574. The van der Waals surface area contributed by atoms with Crippen molar-refractivity contribution in [2.45, 2.75) is 50.0 Å². The minimum absolute atomic E-state index is 0.00332. The molecule has 1 aliphatic carbocycles. The monoisotopic (exact) mass is 311 g/mol. The van der Waals surface area contributed by atoms with Gasteiger partial charge in [-0.15, -0.1) is 0 Å². The molecule has 0 spiro atoms. The van der Waals surface area contributed by atoms with Crippen LogP contribution in [0.5, 0.6) is 0 Å². The highest BCUT2D eigenvalue weighted by Gasteiger charge is 2.19. The van der Waals surface area contributed by atoms with Gasteiger partial charge in [-0.05, 0) is 49.9 Å². The fraction of sp³-hybridized carbons (Fsp3) is 0.533. The average Bonchev–Trinajstić information content (AvgIpc) is 2.48. The van der Waals surface area contributed by atoms with Gasteiger partial charge in [0.15, 0.2) is 0 Å². The molecule has 2 rings (SSSR count). The molecule has 5 nitrogen and oxygen atoms in total. The number of esters is 1. The van der Waals surface area contributed by atoms with Crippen LogP contribution >= 0.6 is 0 Å². The van der Waals surface area contributed by atoms with Gasteiger partial charge in [-0.1, -0.05) is 13.3 Å². The normalized spacial score (nSPS) is 16.6. The number of benzene rings is 1. The third-order valence-corrected chi connectivity index (χ3v) is 5.12. The highest BCUT2D eigenvalue weighted by molar-refractivity contribution is 7.89. The van der Waals surface area contributed by atoms with E-state index in [2.05, 4.69) is 4.72 Å². The number of rotatable bonds is 5. The highest BCUT2D eigenvalue weighted by Crippen LogP contribution is 2.21. The quantitative estimate of drug-likeness (QED) is 0.848. The largest absolute Gasteiger partial charge is 0.459 e. The van der Waals surface area contributed by atoms with Gasteiger partial charge in [0, 0.05) is 6.54 Å². The number of nitrogens with one attached hydrogen (secondary N) is 1. The van der Waals surface area contributed by atoms with Crippen LogP contribution < -0.4 is 4.72 Å². The lowest BCUT2D eigenvalue weighted by atomic mass is 9.98. The van der Waals surface area contributed by atoms with Gasteiger partial charge >= 0.3 is 5.97 Å². The highest BCUT2D eigenvalue weighted by atomic mass is 32.2. The van der Waals surface area contributed by atoms with Crippen molar-refractivity contribution in [3.05, 3.63) is 29.8 Å². The predicted octanol–water partition coefficient (Wildman–Crippen LogP) is 2.47. The zero-order valence-electron chi connectivity index (χ0n) is 12.2. The summed E-state index contributed by atoms with van der Waals surface area (Å²) in [6.45, 7) is 2.04. The van der Waals surface area contributed by atoms with Gasteiger partial charge < -0.3 is 4.74 Å². The van der Waals surface area contributed by atoms with Gasteiger partial charge in [-0.2, -0.15) is 0 Å². The first-order valence-electron chi connectivity index (χ1n) is 7.33. The molecule has 1 fully saturated rings. The zero-order chi connectivity index (χ0) is 15.3. The Balaban J connectivity index is 2.02. The lowest BCUT2D eigenvalue weighted by Crippen LogP contribution is -2.23. The van der Waals surface area contributed by atoms with Gasteiger partial charge in [-0.25, -0.2) is 17.9 Å². The Kier molecular flexibility index (Phi) is 5.36. The second-order valence-corrected chi connectivity index (χ2v) is 6.96. The SMILES string of the molecule is CCNS(=O)(=O)c1ccc(C(=O)OC2CCCCC2)cc1. The Morgan fingerprint density at radius 2 is 1.81 bits per heavy atom. The molecule has 0 amide bonds. The van der Waals surface area contributed by atoms with Gasteiger partial charge in [0.25, 0.3) is 0 Å². The maximum absolute atomic E-state index is 12.0. The minimum Gasteiger partial charge on any atom is -0.459 e. The van der Waals surface area contributed by atoms with Crippen molar-refractivity contribution in [3.63, 3.8) is 0 Å². The molecule has 0 aromatic heterocycles. The number of carbonyl (C=O) groups excluding carboxylic acids is 1. The van der Waals surface area contributed by atoms with E-state index in [0.29, 0.717) is 12.1 Å². The molecule has 1 aromatic rings. The summed E-state index contributed by atoms with van der Waals surface area (Å²) in [6.07, 6.45) is 5.22. The Morgan fingerprint density at radius 1 is 1.19 bits per heavy atom. The number of hydrogen-bond acceptors (Lipinski definition) is 4. The zero-order valence-corrected chi connectivity index (χ0v) is 13.0. The molecule has 1 aromatic carbocycles. The Morgan fingerprint density at radius 3 is 2.38 bits per heavy atom. The number of sulfonamides is 1. The van der Waals surface area contributed by atoms with Gasteiger partial charge in [0.2, 0.25) is 10.0 Å². The van der Waals surface area contributed by atoms with Crippen molar-refractivity contribution in [2.24, 2.45) is 0 Å². The molecule has 116 valence electrons. The molecule has 0 radical (unpaired) electrons. The van der Waals surface area contributed by atoms with Crippen LogP contribution in [0.1, 0.15) is 49.4 Å². The molecule has 0 atom stereocenters. The smallest absolute Gasteiger partial charge is 0.338 e. The van der Waals surface area contributed by atoms with E-state index in [-0.39, 0.29) is 17.0 Å². The van der Waals surface area contributed by atoms with Crippen LogP contribution in [-0.4, -0.2) is 27.0 Å². The molecule has 0 bridgehead atoms. The number of ether oxygens (including phenoxy) is 1. The van der Waals surface area contributed by atoms with Crippen molar-refractivity contribution < 1.29 is 17.9 Å². The molecule has 1 N–H and O–H groups in total. The summed E-state index contributed by atoms with van der Waals surface area (Å²) < 4.78 is 31.5. The number of hydrogen-bond donors (Lipinski definition) is 1. The van der Waals surface area contributed by atoms with Crippen molar-refractivity contribution in [1.29, 1.82) is 0 Å². The molecule has 6 heteroatoms. The fourth-order valence-electron chi connectivity index (χ4n) is 2.45. The molecule has 1 saturated carbocycles. The Labute approximate surface area is 125 Å². The van der Waals surface area contributed by atoms with E-state index in [1.807, 2.05) is 0 Å². The van der Waals surface area contributed by atoms with Crippen LogP contribution in [0.2, 0.25) is 0 Å². The Hall–Kier alpha value is -1.40. The lowest BCUT2D eigenvalue weighted by Gasteiger charge is -2.21. The molecule has 0 saturated heterocycles. The first kappa shape index (κ1) is 16.0. The van der Waals surface area contributed by atoms with Crippen LogP contribution in [0.15, 0.2) is 29.2 Å². The van der Waals surface area contributed by atoms with Crippen LogP contribution in [0, 0.1) is 0 Å². The summed E-state index contributed by atoms with van der Waals surface area (Å²) in [4.78, 5) is 12.2. The summed E-state index contributed by atoms with van der Waals surface area (Å²) in [6, 6.07) is 5.84. The molecular formula is C15H21NO4S. The van der Waals surface area contributed by atoms with Crippen molar-refractivity contribution in [2.75, 3.05) is 6.54 Å². The predicted molar refractivity (Wildman–Crippen MR) is 79.6 cm³/mol. The molecular weight excluding hydrogens is 290 g/mol. The maximum Gasteiger partial charge on any atom is 0.338 e. The van der Waals surface area contributed by atoms with Crippen molar-refractivity contribution in [1.82, 2.24) is 4.72 Å². The molecule has 0 heterocycles. The molecule has 0 aliphatic heterocycles. The van der Waals surface area contributed by atoms with E-state index in [1.54, 1.807) is 6.92 Å². The third kappa shape index (κ3) is 4.28. The summed E-state index contributed by atoms with van der Waals surface area (Å²) in [5.74, 6) is -0.380. The van der Waals surface area contributed by atoms with E-state index >= 15 is 0 Å². The van der Waals surface area contributed by atoms with E-state index in [9.17, 15) is 13.2 Å². The van der Waals surface area contributed by atoms with Crippen LogP contribution in [-0.2, 0) is 14.8 Å². The van der Waals surface area contributed by atoms with Crippen LogP contribution in [0.4, 0.5) is 0 Å². The second-order valence-electron chi connectivity index (χ2n) is 5.19. The molecule has 1 aliphatic rings. The topological polar surface area (TPSA) is 72.5 Å². The molecule has 0 unspecified atom stereocenters. The van der Waals surface area contributed by atoms with E-state index in [0.717, 1.165) is 25.7 Å².